The second kappa shape index (κ2) is 7.87. The Balaban J connectivity index is 2.61. The van der Waals surface area contributed by atoms with Gasteiger partial charge in [0.2, 0.25) is 0 Å². The molecule has 0 aromatic heterocycles. The maximum absolute atomic E-state index is 13.0. The van der Waals surface area contributed by atoms with E-state index in [9.17, 15) is 23.2 Å². The molecule has 3 rings (SSSR count). The summed E-state index contributed by atoms with van der Waals surface area (Å²) in [6, 6.07) is 11.8. The van der Waals surface area contributed by atoms with E-state index in [0.717, 1.165) is 0 Å². The van der Waals surface area contributed by atoms with Gasteiger partial charge in [-0.1, -0.05) is 76.7 Å². The van der Waals surface area contributed by atoms with Crippen LogP contribution in [0.5, 0.6) is 11.5 Å². The molecule has 1 atom stereocenters. The van der Waals surface area contributed by atoms with Gasteiger partial charge in [-0.15, -0.1) is 0 Å². The Morgan fingerprint density at radius 2 is 1.31 bits per heavy atom. The van der Waals surface area contributed by atoms with Gasteiger partial charge in [-0.2, -0.15) is 8.42 Å². The van der Waals surface area contributed by atoms with Crippen LogP contribution in [0.2, 0.25) is 20.1 Å². The van der Waals surface area contributed by atoms with E-state index in [2.05, 4.69) is 0 Å². The van der Waals surface area contributed by atoms with E-state index in [1.807, 2.05) is 0 Å². The lowest BCUT2D eigenvalue weighted by Crippen LogP contribution is -2.39. The first-order valence-electron chi connectivity index (χ1n) is 7.90. The Morgan fingerprint density at radius 1 is 0.724 bits per heavy atom. The van der Waals surface area contributed by atoms with Crippen LogP contribution >= 0.6 is 46.4 Å². The van der Waals surface area contributed by atoms with Gasteiger partial charge >= 0.3 is 0 Å². The van der Waals surface area contributed by atoms with Gasteiger partial charge in [-0.05, 0) is 29.8 Å². The van der Waals surface area contributed by atoms with Gasteiger partial charge in [0, 0.05) is 11.1 Å². The highest BCUT2D eigenvalue weighted by Crippen LogP contribution is 2.52. The number of hydrogen-bond acceptors (Lipinski definition) is 4. The maximum atomic E-state index is 13.0. The Labute approximate surface area is 186 Å². The number of hydrogen-bond donors (Lipinski definition) is 3. The number of halogens is 4. The summed E-state index contributed by atoms with van der Waals surface area (Å²) in [4.78, 5) is 0. The zero-order chi connectivity index (χ0) is 21.6. The van der Waals surface area contributed by atoms with Crippen LogP contribution in [-0.2, 0) is 14.9 Å². The summed E-state index contributed by atoms with van der Waals surface area (Å²) in [6.07, 6.45) is 0. The molecule has 0 bridgehead atoms. The molecular formula is C19H12Cl4O5S. The molecule has 1 unspecified atom stereocenters. The van der Waals surface area contributed by atoms with Crippen molar-refractivity contribution in [2.45, 2.75) is 4.75 Å². The molecule has 3 aromatic rings. The molecule has 3 N–H and O–H groups in total. The Bertz CT molecular complexity index is 1200. The molecule has 152 valence electrons. The quantitative estimate of drug-likeness (QED) is 0.311. The van der Waals surface area contributed by atoms with Crippen molar-refractivity contribution in [3.05, 3.63) is 91.4 Å². The highest BCUT2D eigenvalue weighted by molar-refractivity contribution is 7.87. The molecular weight excluding hydrogens is 482 g/mol. The van der Waals surface area contributed by atoms with E-state index in [1.54, 1.807) is 0 Å². The minimum atomic E-state index is -5.05. The second-order valence-electron chi connectivity index (χ2n) is 6.06. The van der Waals surface area contributed by atoms with Crippen LogP contribution in [-0.4, -0.2) is 23.2 Å². The molecule has 0 fully saturated rings. The van der Waals surface area contributed by atoms with Crippen LogP contribution in [0.4, 0.5) is 0 Å². The average molecular weight is 494 g/mol. The van der Waals surface area contributed by atoms with E-state index in [0.29, 0.717) is 0 Å². The minimum Gasteiger partial charge on any atom is -0.508 e. The molecule has 29 heavy (non-hydrogen) atoms. The topological polar surface area (TPSA) is 94.8 Å². The van der Waals surface area contributed by atoms with Crippen LogP contribution in [0, 0.1) is 0 Å². The summed E-state index contributed by atoms with van der Waals surface area (Å²) in [6.45, 7) is 0. The maximum Gasteiger partial charge on any atom is 0.283 e. The first-order valence-corrected chi connectivity index (χ1v) is 10.9. The highest BCUT2D eigenvalue weighted by atomic mass is 35.5. The lowest BCUT2D eigenvalue weighted by atomic mass is 9.83. The number of rotatable bonds is 4. The summed E-state index contributed by atoms with van der Waals surface area (Å²) in [5.74, 6) is -0.712. The van der Waals surface area contributed by atoms with E-state index in [4.69, 9.17) is 46.4 Å². The first-order chi connectivity index (χ1) is 13.5. The van der Waals surface area contributed by atoms with Crippen molar-refractivity contribution in [2.75, 3.05) is 0 Å². The van der Waals surface area contributed by atoms with Crippen molar-refractivity contribution >= 4 is 56.5 Å². The average Bonchev–Trinajstić information content (AvgIpc) is 2.65. The smallest absolute Gasteiger partial charge is 0.283 e. The monoisotopic (exact) mass is 492 g/mol. The largest absolute Gasteiger partial charge is 0.508 e. The summed E-state index contributed by atoms with van der Waals surface area (Å²) in [7, 11) is -5.05. The Hall–Kier alpha value is -1.67. The fourth-order valence-electron chi connectivity index (χ4n) is 3.17. The third-order valence-electron chi connectivity index (χ3n) is 4.44. The van der Waals surface area contributed by atoms with Gasteiger partial charge in [-0.3, -0.25) is 4.55 Å². The number of phenols is 2. The van der Waals surface area contributed by atoms with Crippen LogP contribution in [0.15, 0.2) is 54.6 Å². The number of benzene rings is 3. The normalized spacial score (nSPS) is 13.8. The molecule has 0 radical (unpaired) electrons. The van der Waals surface area contributed by atoms with Gasteiger partial charge in [0.05, 0.1) is 20.1 Å². The molecule has 0 spiro atoms. The van der Waals surface area contributed by atoms with Crippen molar-refractivity contribution in [1.29, 1.82) is 0 Å². The predicted molar refractivity (Wildman–Crippen MR) is 114 cm³/mol. The summed E-state index contributed by atoms with van der Waals surface area (Å²) in [5, 5.41) is 19.3. The zero-order valence-electron chi connectivity index (χ0n) is 14.3. The second-order valence-corrected chi connectivity index (χ2v) is 9.19. The van der Waals surface area contributed by atoms with Crippen LogP contribution in [0.1, 0.15) is 16.7 Å². The third-order valence-corrected chi connectivity index (χ3v) is 7.39. The Kier molecular flexibility index (Phi) is 5.98. The molecule has 0 aliphatic carbocycles. The first kappa shape index (κ1) is 22.0. The SMILES string of the molecule is O=S(=O)(O)C(c1ccc(O)cc1)(c1cccc(Cl)c1Cl)c1ccc(Cl)c(O)c1Cl. The standard InChI is InChI=1S/C19H12Cl4O5S/c20-14-3-1-2-12(16(14)22)19(29(26,27)28,10-4-6-11(24)7-5-10)13-8-9-15(21)18(25)17(13)23/h1-9,24-25H,(H,26,27,28). The zero-order valence-corrected chi connectivity index (χ0v) is 18.1. The van der Waals surface area contributed by atoms with Crippen LogP contribution in [0.25, 0.3) is 0 Å². The summed E-state index contributed by atoms with van der Waals surface area (Å²) in [5.41, 5.74) is -0.326. The van der Waals surface area contributed by atoms with E-state index in [1.165, 1.54) is 54.6 Å². The van der Waals surface area contributed by atoms with Crippen molar-refractivity contribution in [2.24, 2.45) is 0 Å². The molecule has 0 saturated heterocycles. The third kappa shape index (κ3) is 3.54. The van der Waals surface area contributed by atoms with Gasteiger partial charge in [0.1, 0.15) is 5.75 Å². The molecule has 0 amide bonds. The minimum absolute atomic E-state index is 0.00871. The van der Waals surface area contributed by atoms with Crippen molar-refractivity contribution in [3.8, 4) is 11.5 Å². The Morgan fingerprint density at radius 3 is 1.90 bits per heavy atom. The number of aromatic hydroxyl groups is 2. The summed E-state index contributed by atoms with van der Waals surface area (Å²) < 4.78 is 34.0. The fraction of sp³-hybridized carbons (Fsp3) is 0.0526. The molecule has 5 nitrogen and oxygen atoms in total. The fourth-order valence-corrected chi connectivity index (χ4v) is 5.56. The van der Waals surface area contributed by atoms with Gasteiger partial charge in [0.15, 0.2) is 10.5 Å². The van der Waals surface area contributed by atoms with E-state index in [-0.39, 0.29) is 37.5 Å². The van der Waals surface area contributed by atoms with Crippen molar-refractivity contribution in [3.63, 3.8) is 0 Å². The molecule has 10 heteroatoms. The molecule has 0 aliphatic rings. The van der Waals surface area contributed by atoms with Gasteiger partial charge < -0.3 is 10.2 Å². The molecule has 0 aliphatic heterocycles. The highest BCUT2D eigenvalue weighted by Gasteiger charge is 2.51. The lowest BCUT2D eigenvalue weighted by Gasteiger charge is -2.34. The van der Waals surface area contributed by atoms with Crippen LogP contribution < -0.4 is 0 Å². The van der Waals surface area contributed by atoms with Gasteiger partial charge in [-0.25, -0.2) is 0 Å². The number of phenolic OH excluding ortho intramolecular Hbond substituents is 2. The van der Waals surface area contributed by atoms with E-state index < -0.39 is 25.6 Å². The van der Waals surface area contributed by atoms with E-state index >= 15 is 0 Å². The van der Waals surface area contributed by atoms with Crippen LogP contribution in [0.3, 0.4) is 0 Å². The molecule has 0 heterocycles. The molecule has 0 saturated carbocycles. The summed E-state index contributed by atoms with van der Waals surface area (Å²) >= 11 is 24.6. The van der Waals surface area contributed by atoms with Gasteiger partial charge in [0.25, 0.3) is 10.1 Å². The lowest BCUT2D eigenvalue weighted by molar-refractivity contribution is 0.455. The van der Waals surface area contributed by atoms with Crippen molar-refractivity contribution < 1.29 is 23.2 Å². The molecule has 3 aromatic carbocycles. The van der Waals surface area contributed by atoms with Crippen molar-refractivity contribution in [1.82, 2.24) is 0 Å². The predicted octanol–water partition coefficient (Wildman–Crippen LogP) is 5.89.